The maximum absolute atomic E-state index is 4.93. The second-order valence-corrected chi connectivity index (χ2v) is 16.6. The van der Waals surface area contributed by atoms with Crippen molar-refractivity contribution in [3.8, 4) is 33.4 Å². The van der Waals surface area contributed by atoms with Crippen LogP contribution in [0, 0.1) is 6.07 Å². The monoisotopic (exact) mass is 690 g/mol. The van der Waals surface area contributed by atoms with Crippen LogP contribution in [0.4, 0.5) is 0 Å². The average Bonchev–Trinajstić information content (AvgIpc) is 3.64. The fraction of sp³-hybridized carbons (Fsp3) is 0.154. The third-order valence-electron chi connectivity index (χ3n) is 7.84. The second kappa shape index (κ2) is 14.4. The second-order valence-electron chi connectivity index (χ2n) is 11.6. The summed E-state index contributed by atoms with van der Waals surface area (Å²) >= 11 is -0.826. The van der Waals surface area contributed by atoms with Gasteiger partial charge < -0.3 is 0 Å². The molecule has 0 amide bonds. The Bertz CT molecular complexity index is 1770. The van der Waals surface area contributed by atoms with Crippen LogP contribution in [-0.2, 0) is 32.7 Å². The molecule has 7 rings (SSSR count). The molecule has 43 heavy (non-hydrogen) atoms. The molecule has 0 nitrogen and oxygen atoms in total. The standard InChI is InChI=1S/C27H27.C12H7Si.2ClH.Zr/c1-5-19-15-16-21-17-22(27(2,3)4)18-25(21)26(19)24-14-10-9-13-23(24)20-11-7-6-8-12-20;1-3-7-11-9(5-1)10-6-2-4-8-12(10)13-11;;;/h6-18H,5H2,1-4H3;1-7H;2*1H;/q2*-1;;;+4/p-2. The predicted octanol–water partition coefficient (Wildman–Crippen LogP) is 10.3. The molecule has 0 saturated carbocycles. The third kappa shape index (κ3) is 7.21. The summed E-state index contributed by atoms with van der Waals surface area (Å²) in [6.07, 6.45) is 1.03. The molecule has 0 bridgehead atoms. The van der Waals surface area contributed by atoms with Gasteiger partial charge in [-0.05, 0) is 28.5 Å². The maximum atomic E-state index is 4.93. The van der Waals surface area contributed by atoms with E-state index in [0.29, 0.717) is 0 Å². The summed E-state index contributed by atoms with van der Waals surface area (Å²) in [5, 5.41) is 5.54. The van der Waals surface area contributed by atoms with Crippen LogP contribution in [0.25, 0.3) is 44.2 Å². The summed E-state index contributed by atoms with van der Waals surface area (Å²) in [5.74, 6) is 0. The molecule has 0 atom stereocenters. The molecule has 6 aromatic carbocycles. The van der Waals surface area contributed by atoms with Crippen molar-refractivity contribution < 1.29 is 20.8 Å². The SMILES string of the molecule is CCc1ccc2[cH-]c(C(C)(C)C)cc2c1-c1ccccc1-c1ccccc1.[Cl][Zr+2][Cl].[c-]1cccc2c1[Si]c1ccccc1-2. The van der Waals surface area contributed by atoms with Gasteiger partial charge in [-0.3, -0.25) is 0 Å². The quantitative estimate of drug-likeness (QED) is 0.128. The summed E-state index contributed by atoms with van der Waals surface area (Å²) in [7, 11) is 10.7. The fourth-order valence-corrected chi connectivity index (χ4v) is 6.98. The molecule has 0 aliphatic carbocycles. The first-order chi connectivity index (χ1) is 20.9. The van der Waals surface area contributed by atoms with E-state index in [2.05, 4.69) is 149 Å². The Morgan fingerprint density at radius 1 is 0.744 bits per heavy atom. The van der Waals surface area contributed by atoms with Gasteiger partial charge in [0, 0.05) is 0 Å². The summed E-state index contributed by atoms with van der Waals surface area (Å²) in [5.41, 5.74) is 11.0. The van der Waals surface area contributed by atoms with Crippen LogP contribution in [0.5, 0.6) is 0 Å². The summed E-state index contributed by atoms with van der Waals surface area (Å²) in [6.45, 7) is 9.13. The van der Waals surface area contributed by atoms with Gasteiger partial charge in [0.05, 0.1) is 9.52 Å². The van der Waals surface area contributed by atoms with Crippen LogP contribution >= 0.6 is 17.0 Å². The summed E-state index contributed by atoms with van der Waals surface area (Å²) in [6, 6.07) is 47.1. The van der Waals surface area contributed by atoms with Gasteiger partial charge in [0.2, 0.25) is 0 Å². The Kier molecular flexibility index (Phi) is 10.7. The molecule has 2 radical (unpaired) electrons. The summed E-state index contributed by atoms with van der Waals surface area (Å²) < 4.78 is 0. The van der Waals surface area contributed by atoms with Gasteiger partial charge in [-0.2, -0.15) is 35.5 Å². The van der Waals surface area contributed by atoms with E-state index in [1.54, 1.807) is 0 Å². The zero-order valence-corrected chi connectivity index (χ0v) is 30.0. The molecule has 0 aromatic heterocycles. The van der Waals surface area contributed by atoms with E-state index in [9.17, 15) is 0 Å². The van der Waals surface area contributed by atoms with Gasteiger partial charge in [0.25, 0.3) is 0 Å². The minimum absolute atomic E-state index is 0.154. The number of benzene rings is 5. The normalized spacial score (nSPS) is 11.4. The molecule has 1 aliphatic heterocycles. The average molecular weight is 693 g/mol. The van der Waals surface area contributed by atoms with E-state index < -0.39 is 20.8 Å². The van der Waals surface area contributed by atoms with Gasteiger partial charge in [0.15, 0.2) is 0 Å². The van der Waals surface area contributed by atoms with Gasteiger partial charge >= 0.3 is 37.9 Å². The zero-order chi connectivity index (χ0) is 30.4. The molecule has 212 valence electrons. The largest absolute Gasteiger partial charge is 0.184 e. The first kappa shape index (κ1) is 31.8. The smallest absolute Gasteiger partial charge is 0.0920 e. The van der Waals surface area contributed by atoms with Crippen LogP contribution in [0.1, 0.15) is 38.8 Å². The van der Waals surface area contributed by atoms with E-state index in [1.165, 1.54) is 65.7 Å². The molecule has 0 fully saturated rings. The van der Waals surface area contributed by atoms with Crippen LogP contribution in [0.2, 0.25) is 0 Å². The van der Waals surface area contributed by atoms with Gasteiger partial charge in [0.1, 0.15) is 0 Å². The third-order valence-corrected chi connectivity index (χ3v) is 9.21. The molecule has 0 unspecified atom stereocenters. The van der Waals surface area contributed by atoms with Crippen LogP contribution < -0.4 is 10.4 Å². The Morgan fingerprint density at radius 3 is 2.07 bits per heavy atom. The van der Waals surface area contributed by atoms with Crippen LogP contribution in [0.3, 0.4) is 0 Å². The number of halogens is 2. The minimum Gasteiger partial charge on any atom is -0.184 e. The van der Waals surface area contributed by atoms with Crippen molar-refractivity contribution in [1.29, 1.82) is 0 Å². The molecular formula is C39H34Cl2SiZr. The van der Waals surface area contributed by atoms with E-state index in [1.807, 2.05) is 6.07 Å². The van der Waals surface area contributed by atoms with Gasteiger partial charge in [-0.15, -0.1) is 40.1 Å². The van der Waals surface area contributed by atoms with Crippen molar-refractivity contribution in [2.24, 2.45) is 0 Å². The number of rotatable bonds is 3. The van der Waals surface area contributed by atoms with Crippen LogP contribution in [-0.4, -0.2) is 9.52 Å². The summed E-state index contributed by atoms with van der Waals surface area (Å²) in [4.78, 5) is 0. The van der Waals surface area contributed by atoms with Crippen LogP contribution in [0.15, 0.2) is 121 Å². The maximum Gasteiger partial charge on any atom is 0.0920 e. The topological polar surface area (TPSA) is 0 Å². The molecular weight excluding hydrogens is 659 g/mol. The number of hydrogen-bond acceptors (Lipinski definition) is 0. The fourth-order valence-electron chi connectivity index (χ4n) is 5.67. The molecule has 0 spiro atoms. The molecule has 1 aliphatic rings. The van der Waals surface area contributed by atoms with Crippen molar-refractivity contribution in [2.75, 3.05) is 0 Å². The predicted molar refractivity (Wildman–Crippen MR) is 186 cm³/mol. The molecule has 0 saturated heterocycles. The van der Waals surface area contributed by atoms with E-state index in [0.717, 1.165) is 15.9 Å². The van der Waals surface area contributed by atoms with Crippen molar-refractivity contribution in [3.05, 3.63) is 139 Å². The molecule has 0 N–H and O–H groups in total. The van der Waals surface area contributed by atoms with Crippen molar-refractivity contribution in [3.63, 3.8) is 0 Å². The zero-order valence-electron chi connectivity index (χ0n) is 25.0. The van der Waals surface area contributed by atoms with Crippen molar-refractivity contribution in [1.82, 2.24) is 0 Å². The molecule has 6 aromatic rings. The van der Waals surface area contributed by atoms with Gasteiger partial charge in [-0.1, -0.05) is 128 Å². The van der Waals surface area contributed by atoms with E-state index in [4.69, 9.17) is 17.0 Å². The minimum atomic E-state index is -0.826. The Morgan fingerprint density at radius 2 is 1.37 bits per heavy atom. The Labute approximate surface area is 278 Å². The molecule has 1 heterocycles. The van der Waals surface area contributed by atoms with E-state index in [-0.39, 0.29) is 5.41 Å². The Hall–Kier alpha value is -2.61. The number of fused-ring (bicyclic) bond motifs is 4. The van der Waals surface area contributed by atoms with E-state index >= 15 is 0 Å². The first-order valence-corrected chi connectivity index (χ1v) is 21.9. The Balaban J connectivity index is 0.000000190. The van der Waals surface area contributed by atoms with Gasteiger partial charge in [-0.25, -0.2) is 0 Å². The number of hydrogen-bond donors (Lipinski definition) is 0. The van der Waals surface area contributed by atoms with Crippen molar-refractivity contribution >= 4 is 47.7 Å². The molecule has 4 heteroatoms. The van der Waals surface area contributed by atoms with Crippen molar-refractivity contribution in [2.45, 2.75) is 39.5 Å². The number of aryl methyl sites for hydroxylation is 1. The first-order valence-electron chi connectivity index (χ1n) is 14.6.